The molecule has 0 aromatic heterocycles. The zero-order valence-electron chi connectivity index (χ0n) is 25.2. The molecule has 2 aromatic rings. The third kappa shape index (κ3) is 22.7. The van der Waals surface area contributed by atoms with Crippen molar-refractivity contribution < 1.29 is 9.59 Å². The van der Waals surface area contributed by atoms with Crippen LogP contribution in [0.1, 0.15) is 98.3 Å². The molecule has 2 aliphatic heterocycles. The zero-order chi connectivity index (χ0) is 28.8. The quantitative estimate of drug-likeness (QED) is 0.265. The molecule has 0 atom stereocenters. The Hall–Kier alpha value is -3.02. The van der Waals surface area contributed by atoms with Crippen LogP contribution in [0.3, 0.4) is 0 Å². The fourth-order valence-electron chi connectivity index (χ4n) is 3.45. The maximum absolute atomic E-state index is 10.8. The van der Waals surface area contributed by atoms with Crippen LogP contribution in [0.2, 0.25) is 0 Å². The van der Waals surface area contributed by atoms with E-state index in [4.69, 9.17) is 0 Å². The first kappa shape index (κ1) is 36.0. The van der Waals surface area contributed by atoms with E-state index in [-0.39, 0.29) is 12.1 Å². The molecule has 0 aliphatic carbocycles. The number of hydrogen-bond acceptors (Lipinski definition) is 2. The highest BCUT2D eigenvalue weighted by Gasteiger charge is 2.21. The largest absolute Gasteiger partial charge is 0.320 e. The van der Waals surface area contributed by atoms with Crippen molar-refractivity contribution in [2.24, 2.45) is 0 Å². The van der Waals surface area contributed by atoms with Gasteiger partial charge < -0.3 is 20.4 Å². The highest BCUT2D eigenvalue weighted by Crippen LogP contribution is 2.07. The Morgan fingerprint density at radius 3 is 0.923 bits per heavy atom. The molecule has 2 fully saturated rings. The van der Waals surface area contributed by atoms with Crippen molar-refractivity contribution in [1.29, 1.82) is 0 Å². The number of unbranched alkanes of at least 4 members (excludes halogenated alkanes) is 8. The standard InChI is InChI=1S/2C9H18N2O.2C6H6.C3H8/c2*1-2-3-4-5-6-7-11-8-10-9(11)12;2*1-2-4-6-5-3-1;1-3-2/h2*2-8H2,1H3,(H,10,12);2*1-6H;3H2,1-2H3. The average molecular weight is 541 g/mol. The molecule has 2 aliphatic rings. The predicted octanol–water partition coefficient (Wildman–Crippen LogP) is 8.67. The summed E-state index contributed by atoms with van der Waals surface area (Å²) >= 11 is 0. The minimum atomic E-state index is 0.102. The number of amides is 4. The molecule has 0 saturated carbocycles. The van der Waals surface area contributed by atoms with Crippen LogP contribution in [0.25, 0.3) is 0 Å². The monoisotopic (exact) mass is 540 g/mol. The second-order valence-electron chi connectivity index (χ2n) is 9.65. The molecule has 0 unspecified atom stereocenters. The summed E-state index contributed by atoms with van der Waals surface area (Å²) < 4.78 is 0. The average Bonchev–Trinajstić information content (AvgIpc) is 2.98. The third-order valence-electron chi connectivity index (χ3n) is 5.81. The number of carbonyl (C=O) groups excluding carboxylic acids is 2. The van der Waals surface area contributed by atoms with Crippen LogP contribution < -0.4 is 10.6 Å². The van der Waals surface area contributed by atoms with Gasteiger partial charge in [0.15, 0.2) is 0 Å². The van der Waals surface area contributed by atoms with E-state index in [9.17, 15) is 9.59 Å². The molecule has 2 saturated heterocycles. The summed E-state index contributed by atoms with van der Waals surface area (Å²) in [7, 11) is 0. The smallest absolute Gasteiger partial charge is 0.320 e. The van der Waals surface area contributed by atoms with E-state index < -0.39 is 0 Å². The second kappa shape index (κ2) is 28.0. The maximum atomic E-state index is 10.8. The molecule has 4 rings (SSSR count). The van der Waals surface area contributed by atoms with Crippen LogP contribution in [0.5, 0.6) is 0 Å². The van der Waals surface area contributed by atoms with Crippen LogP contribution in [-0.2, 0) is 0 Å². The normalized spacial score (nSPS) is 12.6. The Balaban J connectivity index is 0.000000497. The highest BCUT2D eigenvalue weighted by molar-refractivity contribution is 5.79. The summed E-state index contributed by atoms with van der Waals surface area (Å²) in [5.74, 6) is 0. The Morgan fingerprint density at radius 2 is 0.744 bits per heavy atom. The third-order valence-corrected chi connectivity index (χ3v) is 5.81. The molecular formula is C33H56N4O2. The van der Waals surface area contributed by atoms with E-state index >= 15 is 0 Å². The molecule has 2 N–H and O–H groups in total. The fourth-order valence-corrected chi connectivity index (χ4v) is 3.45. The molecule has 0 spiro atoms. The number of carbonyl (C=O) groups is 2. The van der Waals surface area contributed by atoms with Crippen molar-refractivity contribution in [2.75, 3.05) is 26.4 Å². The summed E-state index contributed by atoms with van der Waals surface area (Å²) in [5, 5.41) is 5.40. The van der Waals surface area contributed by atoms with Gasteiger partial charge in [-0.1, -0.05) is 158 Å². The van der Waals surface area contributed by atoms with Gasteiger partial charge >= 0.3 is 12.1 Å². The van der Waals surface area contributed by atoms with Gasteiger partial charge in [-0.05, 0) is 12.8 Å². The lowest BCUT2D eigenvalue weighted by Crippen LogP contribution is -2.56. The van der Waals surface area contributed by atoms with E-state index in [0.717, 1.165) is 39.3 Å². The van der Waals surface area contributed by atoms with Gasteiger partial charge in [0.1, 0.15) is 0 Å². The summed E-state index contributed by atoms with van der Waals surface area (Å²) in [4.78, 5) is 25.2. The topological polar surface area (TPSA) is 64.7 Å². The van der Waals surface area contributed by atoms with Crippen LogP contribution >= 0.6 is 0 Å². The van der Waals surface area contributed by atoms with Gasteiger partial charge in [-0.2, -0.15) is 0 Å². The Labute approximate surface area is 239 Å². The van der Waals surface area contributed by atoms with Gasteiger partial charge in [0.05, 0.1) is 13.3 Å². The van der Waals surface area contributed by atoms with Gasteiger partial charge in [-0.15, -0.1) is 0 Å². The van der Waals surface area contributed by atoms with Gasteiger partial charge in [-0.25, -0.2) is 9.59 Å². The maximum Gasteiger partial charge on any atom is 0.320 e. The molecule has 0 bridgehead atoms. The van der Waals surface area contributed by atoms with Crippen molar-refractivity contribution in [3.63, 3.8) is 0 Å². The first-order chi connectivity index (χ1) is 19.1. The van der Waals surface area contributed by atoms with E-state index in [1.54, 1.807) is 0 Å². The van der Waals surface area contributed by atoms with E-state index in [1.165, 1.54) is 57.8 Å². The highest BCUT2D eigenvalue weighted by atomic mass is 16.2. The first-order valence-corrected chi connectivity index (χ1v) is 15.2. The molecule has 0 radical (unpaired) electrons. The number of hydrogen-bond donors (Lipinski definition) is 2. The van der Waals surface area contributed by atoms with E-state index in [1.807, 2.05) is 82.6 Å². The Bertz CT molecular complexity index is 655. The SMILES string of the molecule is CCC.CCCCCCCN1CNC1=O.CCCCCCCN1CNC1=O.c1ccccc1.c1ccccc1. The van der Waals surface area contributed by atoms with Crippen LogP contribution in [0, 0.1) is 0 Å². The Kier molecular flexibility index (Phi) is 25.8. The molecule has 4 amide bonds. The molecule has 6 nitrogen and oxygen atoms in total. The first-order valence-electron chi connectivity index (χ1n) is 15.2. The molecule has 220 valence electrons. The van der Waals surface area contributed by atoms with Crippen molar-refractivity contribution in [2.45, 2.75) is 98.3 Å². The van der Waals surface area contributed by atoms with E-state index in [0.29, 0.717) is 0 Å². The molecule has 39 heavy (non-hydrogen) atoms. The summed E-state index contributed by atoms with van der Waals surface area (Å²) in [6.45, 7) is 12.1. The molecule has 2 heterocycles. The summed E-state index contributed by atoms with van der Waals surface area (Å²) in [5.41, 5.74) is 0. The lowest BCUT2D eigenvalue weighted by atomic mass is 10.1. The lowest BCUT2D eigenvalue weighted by Gasteiger charge is -2.31. The predicted molar refractivity (Wildman–Crippen MR) is 167 cm³/mol. The van der Waals surface area contributed by atoms with Gasteiger partial charge in [-0.3, -0.25) is 0 Å². The van der Waals surface area contributed by atoms with Crippen LogP contribution in [-0.4, -0.2) is 48.3 Å². The molecule has 2 aromatic carbocycles. The van der Waals surface area contributed by atoms with Gasteiger partial charge in [0.25, 0.3) is 0 Å². The molecule has 6 heteroatoms. The number of rotatable bonds is 12. The van der Waals surface area contributed by atoms with Crippen molar-refractivity contribution >= 4 is 12.1 Å². The lowest BCUT2D eigenvalue weighted by molar-refractivity contribution is 0.154. The molecular weight excluding hydrogens is 484 g/mol. The van der Waals surface area contributed by atoms with Crippen molar-refractivity contribution in [3.8, 4) is 0 Å². The van der Waals surface area contributed by atoms with Crippen LogP contribution in [0.15, 0.2) is 72.8 Å². The second-order valence-corrected chi connectivity index (χ2v) is 9.65. The number of nitrogens with one attached hydrogen (secondary N) is 2. The fraction of sp³-hybridized carbons (Fsp3) is 0.576. The number of benzene rings is 2. The van der Waals surface area contributed by atoms with E-state index in [2.05, 4.69) is 38.3 Å². The summed E-state index contributed by atoms with van der Waals surface area (Å²) in [6.07, 6.45) is 13.9. The minimum absolute atomic E-state index is 0.102. The number of urea groups is 2. The van der Waals surface area contributed by atoms with Crippen LogP contribution in [0.4, 0.5) is 9.59 Å². The Morgan fingerprint density at radius 1 is 0.487 bits per heavy atom. The van der Waals surface area contributed by atoms with Crippen molar-refractivity contribution in [1.82, 2.24) is 20.4 Å². The number of nitrogens with zero attached hydrogens (tertiary/aromatic N) is 2. The minimum Gasteiger partial charge on any atom is -0.320 e. The zero-order valence-corrected chi connectivity index (χ0v) is 25.2. The van der Waals surface area contributed by atoms with Crippen molar-refractivity contribution in [3.05, 3.63) is 72.8 Å². The summed E-state index contributed by atoms with van der Waals surface area (Å²) in [6, 6.07) is 24.2. The van der Waals surface area contributed by atoms with Gasteiger partial charge in [0, 0.05) is 13.1 Å². The van der Waals surface area contributed by atoms with Gasteiger partial charge in [0.2, 0.25) is 0 Å².